The van der Waals surface area contributed by atoms with Gasteiger partial charge in [-0.2, -0.15) is 0 Å². The summed E-state index contributed by atoms with van der Waals surface area (Å²) in [6.07, 6.45) is 0.290. The second kappa shape index (κ2) is 5.09. The van der Waals surface area contributed by atoms with Crippen LogP contribution in [0.1, 0.15) is 12.8 Å². The Labute approximate surface area is 69.3 Å². The first kappa shape index (κ1) is 10.4. The molecule has 3 N–H and O–H groups in total. The molecule has 11 heavy (non-hydrogen) atoms. The van der Waals surface area contributed by atoms with Crippen molar-refractivity contribution in [2.75, 3.05) is 5.88 Å². The highest BCUT2D eigenvalue weighted by Crippen LogP contribution is 1.96. The number of carboxylic acid groups (broad SMARTS) is 1. The van der Waals surface area contributed by atoms with E-state index in [1.54, 1.807) is 0 Å². The van der Waals surface area contributed by atoms with E-state index in [0.29, 0.717) is 0 Å². The van der Waals surface area contributed by atoms with E-state index in [9.17, 15) is 9.59 Å². The monoisotopic (exact) mass is 179 g/mol. The molecule has 0 aliphatic rings. The van der Waals surface area contributed by atoms with E-state index in [0.717, 1.165) is 0 Å². The Kier molecular flexibility index (Phi) is 4.81. The molecule has 0 unspecified atom stereocenters. The number of carbonyl (C=O) groups excluding carboxylic acids is 1. The number of hydrogen-bond acceptors (Lipinski definition) is 3. The minimum atomic E-state index is -1.09. The van der Waals surface area contributed by atoms with Crippen LogP contribution in [0.3, 0.4) is 0 Å². The van der Waals surface area contributed by atoms with E-state index in [1.807, 2.05) is 0 Å². The van der Waals surface area contributed by atoms with Crippen LogP contribution in [0.4, 0.5) is 0 Å². The zero-order valence-electron chi connectivity index (χ0n) is 5.92. The molecule has 0 aliphatic heterocycles. The molecule has 0 spiro atoms. The summed E-state index contributed by atoms with van der Waals surface area (Å²) in [5, 5.41) is 8.30. The van der Waals surface area contributed by atoms with Crippen LogP contribution >= 0.6 is 11.6 Å². The molecule has 4 nitrogen and oxygen atoms in total. The van der Waals surface area contributed by atoms with Crippen molar-refractivity contribution in [1.82, 2.24) is 0 Å². The molecule has 0 saturated heterocycles. The Hall–Kier alpha value is -0.610. The second-order valence-corrected chi connectivity index (χ2v) is 2.42. The van der Waals surface area contributed by atoms with E-state index in [1.165, 1.54) is 0 Å². The van der Waals surface area contributed by atoms with Gasteiger partial charge in [0.1, 0.15) is 11.8 Å². The number of carbonyl (C=O) groups is 2. The van der Waals surface area contributed by atoms with Crippen molar-refractivity contribution in [2.45, 2.75) is 18.9 Å². The van der Waals surface area contributed by atoms with Gasteiger partial charge in [0.05, 0.1) is 5.88 Å². The molecule has 0 aromatic heterocycles. The third-order valence-corrected chi connectivity index (χ3v) is 1.50. The van der Waals surface area contributed by atoms with Gasteiger partial charge in [-0.1, -0.05) is 0 Å². The highest BCUT2D eigenvalue weighted by molar-refractivity contribution is 6.27. The van der Waals surface area contributed by atoms with Crippen molar-refractivity contribution in [3.05, 3.63) is 0 Å². The number of hydrogen-bond donors (Lipinski definition) is 2. The molecular weight excluding hydrogens is 170 g/mol. The maximum atomic E-state index is 10.6. The molecule has 5 heteroatoms. The molecule has 64 valence electrons. The van der Waals surface area contributed by atoms with Crippen LogP contribution in [0.5, 0.6) is 0 Å². The van der Waals surface area contributed by atoms with Crippen LogP contribution in [-0.4, -0.2) is 28.8 Å². The second-order valence-electron chi connectivity index (χ2n) is 2.16. The molecule has 0 rings (SSSR count). The standard InChI is InChI=1S/C6H10ClNO3/c7-3-4(9)1-2-5(8)6(10)11/h5H,1-3,8H2,(H,10,11)/t5-/m0/s1. The van der Waals surface area contributed by atoms with Crippen molar-refractivity contribution in [3.8, 4) is 0 Å². The zero-order valence-corrected chi connectivity index (χ0v) is 6.67. The molecule has 0 fully saturated rings. The summed E-state index contributed by atoms with van der Waals surface area (Å²) >= 11 is 5.18. The Morgan fingerprint density at radius 1 is 1.55 bits per heavy atom. The van der Waals surface area contributed by atoms with Gasteiger partial charge in [-0.3, -0.25) is 9.59 Å². The fourth-order valence-corrected chi connectivity index (χ4v) is 0.640. The number of rotatable bonds is 5. The van der Waals surface area contributed by atoms with Crippen molar-refractivity contribution in [2.24, 2.45) is 5.73 Å². The maximum Gasteiger partial charge on any atom is 0.320 e. The Morgan fingerprint density at radius 3 is 2.45 bits per heavy atom. The van der Waals surface area contributed by atoms with Gasteiger partial charge in [0.25, 0.3) is 0 Å². The van der Waals surface area contributed by atoms with Crippen molar-refractivity contribution in [1.29, 1.82) is 0 Å². The number of aliphatic carboxylic acids is 1. The molecule has 0 radical (unpaired) electrons. The summed E-state index contributed by atoms with van der Waals surface area (Å²) in [4.78, 5) is 20.7. The molecule has 0 aromatic rings. The first-order chi connectivity index (χ1) is 5.07. The fourth-order valence-electron chi connectivity index (χ4n) is 0.507. The molecule has 0 saturated carbocycles. The van der Waals surface area contributed by atoms with Gasteiger partial charge >= 0.3 is 5.97 Å². The van der Waals surface area contributed by atoms with E-state index < -0.39 is 12.0 Å². The van der Waals surface area contributed by atoms with Crippen LogP contribution in [0, 0.1) is 0 Å². The van der Waals surface area contributed by atoms with Crippen LogP contribution in [0.25, 0.3) is 0 Å². The summed E-state index contributed by atoms with van der Waals surface area (Å²) in [6, 6.07) is -0.956. The lowest BCUT2D eigenvalue weighted by molar-refractivity contribution is -0.138. The summed E-state index contributed by atoms with van der Waals surface area (Å²) in [7, 11) is 0. The van der Waals surface area contributed by atoms with E-state index in [4.69, 9.17) is 22.4 Å². The summed E-state index contributed by atoms with van der Waals surface area (Å²) in [5.74, 6) is -1.34. The van der Waals surface area contributed by atoms with Gasteiger partial charge < -0.3 is 10.8 Å². The maximum absolute atomic E-state index is 10.6. The Morgan fingerprint density at radius 2 is 2.09 bits per heavy atom. The minimum absolute atomic E-state index is 0.0770. The molecular formula is C6H10ClNO3. The Balaban J connectivity index is 3.54. The number of carboxylic acids is 1. The number of ketones is 1. The lowest BCUT2D eigenvalue weighted by Gasteiger charge is -2.02. The summed E-state index contributed by atoms with van der Waals surface area (Å²) < 4.78 is 0. The van der Waals surface area contributed by atoms with Gasteiger partial charge in [-0.15, -0.1) is 11.6 Å². The largest absolute Gasteiger partial charge is 0.480 e. The molecule has 0 bridgehead atoms. The van der Waals surface area contributed by atoms with Crippen molar-refractivity contribution >= 4 is 23.4 Å². The SMILES string of the molecule is N[C@@H](CCC(=O)CCl)C(=O)O. The predicted octanol–water partition coefficient (Wildman–Crippen LogP) is -0.0136. The number of alkyl halides is 1. The van der Waals surface area contributed by atoms with Crippen LogP contribution < -0.4 is 5.73 Å². The van der Waals surface area contributed by atoms with Gasteiger partial charge in [0.2, 0.25) is 0 Å². The average Bonchev–Trinajstić information content (AvgIpc) is 1.99. The summed E-state index contributed by atoms with van der Waals surface area (Å²) in [5.41, 5.74) is 5.12. The van der Waals surface area contributed by atoms with Crippen LogP contribution in [0.2, 0.25) is 0 Å². The van der Waals surface area contributed by atoms with Crippen molar-refractivity contribution in [3.63, 3.8) is 0 Å². The van der Waals surface area contributed by atoms with Crippen molar-refractivity contribution < 1.29 is 14.7 Å². The zero-order chi connectivity index (χ0) is 8.85. The third-order valence-electron chi connectivity index (χ3n) is 1.20. The van der Waals surface area contributed by atoms with Gasteiger partial charge in [-0.25, -0.2) is 0 Å². The quantitative estimate of drug-likeness (QED) is 0.582. The lowest BCUT2D eigenvalue weighted by Crippen LogP contribution is -2.30. The number of Topliss-reactive ketones (excluding diaryl/α,β-unsaturated/α-hetero) is 1. The van der Waals surface area contributed by atoms with E-state index in [-0.39, 0.29) is 24.5 Å². The van der Waals surface area contributed by atoms with Gasteiger partial charge in [0.15, 0.2) is 0 Å². The predicted molar refractivity (Wildman–Crippen MR) is 40.6 cm³/mol. The first-order valence-electron chi connectivity index (χ1n) is 3.14. The van der Waals surface area contributed by atoms with E-state index in [2.05, 4.69) is 0 Å². The number of halogens is 1. The van der Waals surface area contributed by atoms with E-state index >= 15 is 0 Å². The molecule has 0 amide bonds. The van der Waals surface area contributed by atoms with Crippen LogP contribution in [-0.2, 0) is 9.59 Å². The van der Waals surface area contributed by atoms with Gasteiger partial charge in [-0.05, 0) is 6.42 Å². The van der Waals surface area contributed by atoms with Gasteiger partial charge in [0, 0.05) is 6.42 Å². The normalized spacial score (nSPS) is 12.5. The highest BCUT2D eigenvalue weighted by atomic mass is 35.5. The Bertz CT molecular complexity index is 160. The summed E-state index contributed by atoms with van der Waals surface area (Å²) in [6.45, 7) is 0. The molecule has 1 atom stereocenters. The highest BCUT2D eigenvalue weighted by Gasteiger charge is 2.12. The number of nitrogens with two attached hydrogens (primary N) is 1. The minimum Gasteiger partial charge on any atom is -0.480 e. The topological polar surface area (TPSA) is 80.4 Å². The third kappa shape index (κ3) is 4.75. The molecule has 0 aliphatic carbocycles. The fraction of sp³-hybridized carbons (Fsp3) is 0.667. The molecule has 0 aromatic carbocycles. The average molecular weight is 180 g/mol. The first-order valence-corrected chi connectivity index (χ1v) is 3.67. The lowest BCUT2D eigenvalue weighted by atomic mass is 10.1. The molecule has 0 heterocycles. The smallest absolute Gasteiger partial charge is 0.320 e. The van der Waals surface area contributed by atoms with Crippen LogP contribution in [0.15, 0.2) is 0 Å².